The van der Waals surface area contributed by atoms with E-state index in [0.717, 1.165) is 11.8 Å². The average Bonchev–Trinajstić information content (AvgIpc) is 2.67. The maximum atomic E-state index is 10.4. The van der Waals surface area contributed by atoms with Crippen LogP contribution < -0.4 is 0 Å². The van der Waals surface area contributed by atoms with E-state index in [1.165, 1.54) is 0 Å². The summed E-state index contributed by atoms with van der Waals surface area (Å²) in [7, 11) is 0. The molecule has 0 aliphatic heterocycles. The van der Waals surface area contributed by atoms with E-state index in [1.54, 1.807) is 24.9 Å². The summed E-state index contributed by atoms with van der Waals surface area (Å²) in [5.41, 5.74) is 1.54. The zero-order valence-electron chi connectivity index (χ0n) is 7.50. The predicted molar refractivity (Wildman–Crippen MR) is 51.0 cm³/mol. The van der Waals surface area contributed by atoms with Crippen molar-refractivity contribution in [1.29, 1.82) is 0 Å². The molecule has 0 aromatic carbocycles. The summed E-state index contributed by atoms with van der Waals surface area (Å²) < 4.78 is 1.85. The van der Waals surface area contributed by atoms with Gasteiger partial charge in [0.15, 0.2) is 6.29 Å². The van der Waals surface area contributed by atoms with Crippen LogP contribution in [0.1, 0.15) is 16.1 Å². The Hall–Kier alpha value is -1.97. The second kappa shape index (κ2) is 3.83. The van der Waals surface area contributed by atoms with Gasteiger partial charge in [0, 0.05) is 18.6 Å². The molecule has 0 saturated heterocycles. The van der Waals surface area contributed by atoms with Crippen molar-refractivity contribution >= 4 is 6.29 Å². The Bertz CT molecular complexity index is 422. The summed E-state index contributed by atoms with van der Waals surface area (Å²) in [6, 6.07) is 3.86. The quantitative estimate of drug-likeness (QED) is 0.677. The van der Waals surface area contributed by atoms with Crippen molar-refractivity contribution in [3.63, 3.8) is 0 Å². The molecule has 0 spiro atoms. The SMILES string of the molecule is O=Cc1cn(Cc2cccnc2)cn1. The molecule has 2 rings (SSSR count). The minimum Gasteiger partial charge on any atom is -0.332 e. The first kappa shape index (κ1) is 8.62. The van der Waals surface area contributed by atoms with Crippen molar-refractivity contribution < 1.29 is 4.79 Å². The number of aldehydes is 1. The Morgan fingerprint density at radius 3 is 3.07 bits per heavy atom. The summed E-state index contributed by atoms with van der Waals surface area (Å²) in [6.07, 6.45) is 7.60. The summed E-state index contributed by atoms with van der Waals surface area (Å²) in [4.78, 5) is 18.3. The molecule has 0 aliphatic rings. The van der Waals surface area contributed by atoms with E-state index in [-0.39, 0.29) is 0 Å². The summed E-state index contributed by atoms with van der Waals surface area (Å²) in [5, 5.41) is 0. The monoisotopic (exact) mass is 187 g/mol. The van der Waals surface area contributed by atoms with Crippen LogP contribution in [0.25, 0.3) is 0 Å². The third-order valence-electron chi connectivity index (χ3n) is 1.86. The molecule has 4 nitrogen and oxygen atoms in total. The molecule has 14 heavy (non-hydrogen) atoms. The van der Waals surface area contributed by atoms with Gasteiger partial charge in [-0.3, -0.25) is 9.78 Å². The van der Waals surface area contributed by atoms with Crippen LogP contribution >= 0.6 is 0 Å². The van der Waals surface area contributed by atoms with Gasteiger partial charge in [0.2, 0.25) is 0 Å². The van der Waals surface area contributed by atoms with Crippen LogP contribution in [0.4, 0.5) is 0 Å². The van der Waals surface area contributed by atoms with Gasteiger partial charge in [-0.15, -0.1) is 0 Å². The number of carbonyl (C=O) groups is 1. The molecule has 70 valence electrons. The molecular formula is C10H9N3O. The first-order valence-electron chi connectivity index (χ1n) is 4.24. The Kier molecular flexibility index (Phi) is 2.36. The molecule has 0 radical (unpaired) electrons. The minimum atomic E-state index is 0.453. The van der Waals surface area contributed by atoms with Gasteiger partial charge in [-0.2, -0.15) is 0 Å². The van der Waals surface area contributed by atoms with Gasteiger partial charge in [-0.05, 0) is 11.6 Å². The third-order valence-corrected chi connectivity index (χ3v) is 1.86. The summed E-state index contributed by atoms with van der Waals surface area (Å²) >= 11 is 0. The van der Waals surface area contributed by atoms with E-state index in [0.29, 0.717) is 12.2 Å². The van der Waals surface area contributed by atoms with Crippen LogP contribution in [-0.2, 0) is 6.54 Å². The molecule has 0 aliphatic carbocycles. The van der Waals surface area contributed by atoms with Crippen LogP contribution in [0.5, 0.6) is 0 Å². The van der Waals surface area contributed by atoms with Crippen LogP contribution in [-0.4, -0.2) is 20.8 Å². The highest BCUT2D eigenvalue weighted by Crippen LogP contribution is 2.01. The molecule has 0 unspecified atom stereocenters. The van der Waals surface area contributed by atoms with E-state index in [9.17, 15) is 4.79 Å². The minimum absolute atomic E-state index is 0.453. The summed E-state index contributed by atoms with van der Waals surface area (Å²) in [6.45, 7) is 0.689. The van der Waals surface area contributed by atoms with Crippen molar-refractivity contribution in [2.24, 2.45) is 0 Å². The van der Waals surface area contributed by atoms with Crippen molar-refractivity contribution in [1.82, 2.24) is 14.5 Å². The second-order valence-electron chi connectivity index (χ2n) is 2.95. The van der Waals surface area contributed by atoms with Crippen LogP contribution in [0.3, 0.4) is 0 Å². The van der Waals surface area contributed by atoms with Crippen LogP contribution in [0.2, 0.25) is 0 Å². The molecule has 0 saturated carbocycles. The number of hydrogen-bond acceptors (Lipinski definition) is 3. The topological polar surface area (TPSA) is 47.8 Å². The van der Waals surface area contributed by atoms with Gasteiger partial charge < -0.3 is 4.57 Å². The molecule has 0 bridgehead atoms. The Morgan fingerprint density at radius 2 is 2.43 bits per heavy atom. The number of aromatic nitrogens is 3. The molecule has 0 N–H and O–H groups in total. The predicted octanol–water partition coefficient (Wildman–Crippen LogP) is 1.14. The Morgan fingerprint density at radius 1 is 1.50 bits per heavy atom. The van der Waals surface area contributed by atoms with Gasteiger partial charge in [0.05, 0.1) is 12.9 Å². The molecule has 0 amide bonds. The van der Waals surface area contributed by atoms with Gasteiger partial charge in [0.25, 0.3) is 0 Å². The van der Waals surface area contributed by atoms with Gasteiger partial charge in [-0.1, -0.05) is 6.07 Å². The fraction of sp³-hybridized carbons (Fsp3) is 0.100. The lowest BCUT2D eigenvalue weighted by atomic mass is 10.3. The van der Waals surface area contributed by atoms with E-state index >= 15 is 0 Å². The highest BCUT2D eigenvalue weighted by atomic mass is 16.1. The lowest BCUT2D eigenvalue weighted by Gasteiger charge is -1.99. The Labute approximate surface area is 81.2 Å². The lowest BCUT2D eigenvalue weighted by Crippen LogP contribution is -1.96. The van der Waals surface area contributed by atoms with Gasteiger partial charge >= 0.3 is 0 Å². The molecule has 0 atom stereocenters. The second-order valence-corrected chi connectivity index (χ2v) is 2.95. The number of pyridine rings is 1. The smallest absolute Gasteiger partial charge is 0.169 e. The normalized spacial score (nSPS) is 10.0. The molecular weight excluding hydrogens is 178 g/mol. The van der Waals surface area contributed by atoms with Crippen LogP contribution in [0, 0.1) is 0 Å². The highest BCUT2D eigenvalue weighted by molar-refractivity contribution is 5.70. The van der Waals surface area contributed by atoms with Crippen molar-refractivity contribution in [2.75, 3.05) is 0 Å². The van der Waals surface area contributed by atoms with Crippen LogP contribution in [0.15, 0.2) is 37.1 Å². The molecule has 2 aromatic rings. The fourth-order valence-electron chi connectivity index (χ4n) is 1.23. The largest absolute Gasteiger partial charge is 0.332 e. The molecule has 0 fully saturated rings. The molecule has 2 aromatic heterocycles. The number of carbonyl (C=O) groups excluding carboxylic acids is 1. The zero-order valence-corrected chi connectivity index (χ0v) is 7.50. The molecule has 4 heteroatoms. The van der Waals surface area contributed by atoms with Crippen molar-refractivity contribution in [2.45, 2.75) is 6.54 Å². The van der Waals surface area contributed by atoms with Crippen molar-refractivity contribution in [3.05, 3.63) is 48.3 Å². The lowest BCUT2D eigenvalue weighted by molar-refractivity contribution is 0.111. The maximum Gasteiger partial charge on any atom is 0.169 e. The fourth-order valence-corrected chi connectivity index (χ4v) is 1.23. The van der Waals surface area contributed by atoms with E-state index in [4.69, 9.17) is 0 Å². The standard InChI is InChI=1S/C10H9N3O/c14-7-10-6-13(8-12-10)5-9-2-1-3-11-4-9/h1-4,6-8H,5H2. The first-order chi connectivity index (χ1) is 6.88. The van der Waals surface area contributed by atoms with Crippen molar-refractivity contribution in [3.8, 4) is 0 Å². The Balaban J connectivity index is 2.15. The first-order valence-corrected chi connectivity index (χ1v) is 4.24. The number of hydrogen-bond donors (Lipinski definition) is 0. The van der Waals surface area contributed by atoms with E-state index in [2.05, 4.69) is 9.97 Å². The number of rotatable bonds is 3. The summed E-state index contributed by atoms with van der Waals surface area (Å²) in [5.74, 6) is 0. The number of nitrogens with zero attached hydrogens (tertiary/aromatic N) is 3. The average molecular weight is 187 g/mol. The molecule has 2 heterocycles. The number of imidazole rings is 1. The third kappa shape index (κ3) is 1.85. The van der Waals surface area contributed by atoms with E-state index < -0.39 is 0 Å². The zero-order chi connectivity index (χ0) is 9.80. The van der Waals surface area contributed by atoms with E-state index in [1.807, 2.05) is 16.7 Å². The highest BCUT2D eigenvalue weighted by Gasteiger charge is 1.97. The van der Waals surface area contributed by atoms with Gasteiger partial charge in [0.1, 0.15) is 5.69 Å². The van der Waals surface area contributed by atoms with Gasteiger partial charge in [-0.25, -0.2) is 4.98 Å². The maximum absolute atomic E-state index is 10.4.